The second kappa shape index (κ2) is 6.69. The number of fused-ring (bicyclic) bond motifs is 2. The number of hydrogen-bond acceptors (Lipinski definition) is 5. The summed E-state index contributed by atoms with van der Waals surface area (Å²) in [5.41, 5.74) is 1.95. The summed E-state index contributed by atoms with van der Waals surface area (Å²) >= 11 is 0. The third-order valence-electron chi connectivity index (χ3n) is 6.07. The van der Waals surface area contributed by atoms with E-state index in [-0.39, 0.29) is 17.5 Å². The topological polar surface area (TPSA) is 89.3 Å². The number of likely N-dealkylation sites (tertiary alicyclic amines) is 1. The molecule has 0 bridgehead atoms. The van der Waals surface area contributed by atoms with Gasteiger partial charge in [0.1, 0.15) is 16.9 Å². The van der Waals surface area contributed by atoms with Crippen molar-refractivity contribution in [3.63, 3.8) is 0 Å². The lowest BCUT2D eigenvalue weighted by Gasteiger charge is -2.33. The molecule has 1 spiro atoms. The Bertz CT molecular complexity index is 1160. The van der Waals surface area contributed by atoms with Crippen LogP contribution in [0.3, 0.4) is 0 Å². The number of aromatic nitrogens is 3. The lowest BCUT2D eigenvalue weighted by Crippen LogP contribution is -2.42. The zero-order chi connectivity index (χ0) is 20.9. The lowest BCUT2D eigenvalue weighted by atomic mass is 9.73. The first-order valence-electron chi connectivity index (χ1n) is 9.75. The number of carbonyl (C=O) groups is 2. The van der Waals surface area contributed by atoms with Crippen molar-refractivity contribution in [1.29, 1.82) is 0 Å². The molecule has 5 rings (SSSR count). The SMILES string of the molecule is COc1ccnc(C(=O)N2CC[C@]3(C(=O)Nc4ccccc43)[C@@H]2c2cnn(C)c2)c1. The molecule has 30 heavy (non-hydrogen) atoms. The van der Waals surface area contributed by atoms with E-state index in [0.29, 0.717) is 18.7 Å². The third-order valence-corrected chi connectivity index (χ3v) is 6.07. The van der Waals surface area contributed by atoms with Gasteiger partial charge in [-0.15, -0.1) is 0 Å². The Kier molecular flexibility index (Phi) is 4.09. The number of anilines is 1. The van der Waals surface area contributed by atoms with Gasteiger partial charge in [0.05, 0.1) is 19.3 Å². The molecule has 8 nitrogen and oxygen atoms in total. The first-order valence-corrected chi connectivity index (χ1v) is 9.75. The molecule has 152 valence electrons. The molecular formula is C22H21N5O3. The van der Waals surface area contributed by atoms with Crippen LogP contribution in [-0.4, -0.2) is 45.1 Å². The van der Waals surface area contributed by atoms with Crippen LogP contribution in [0.15, 0.2) is 55.0 Å². The van der Waals surface area contributed by atoms with E-state index in [1.165, 1.54) is 0 Å². The van der Waals surface area contributed by atoms with E-state index in [9.17, 15) is 9.59 Å². The standard InChI is InChI=1S/C22H21N5O3/c1-26-13-14(12-24-26)19-22(16-5-3-4-6-17(16)25-21(22)29)8-10-27(19)20(28)18-11-15(30-2)7-9-23-18/h3-7,9,11-13,19H,8,10H2,1-2H3,(H,25,29)/t19-,22+/m0/s1. The zero-order valence-corrected chi connectivity index (χ0v) is 16.7. The quantitative estimate of drug-likeness (QED) is 0.725. The van der Waals surface area contributed by atoms with E-state index in [2.05, 4.69) is 15.4 Å². The van der Waals surface area contributed by atoms with Gasteiger partial charge in [-0.1, -0.05) is 18.2 Å². The minimum atomic E-state index is -0.867. The summed E-state index contributed by atoms with van der Waals surface area (Å²) in [5.74, 6) is 0.229. The van der Waals surface area contributed by atoms with Gasteiger partial charge < -0.3 is 15.0 Å². The van der Waals surface area contributed by atoms with Crippen LogP contribution < -0.4 is 10.1 Å². The van der Waals surface area contributed by atoms with Crippen LogP contribution in [0.2, 0.25) is 0 Å². The van der Waals surface area contributed by atoms with Crippen molar-refractivity contribution in [1.82, 2.24) is 19.7 Å². The second-order valence-electron chi connectivity index (χ2n) is 7.65. The third kappa shape index (κ3) is 2.53. The first-order chi connectivity index (χ1) is 14.5. The summed E-state index contributed by atoms with van der Waals surface area (Å²) in [4.78, 5) is 32.8. The van der Waals surface area contributed by atoms with Crippen molar-refractivity contribution in [3.05, 3.63) is 71.8 Å². The maximum Gasteiger partial charge on any atom is 0.273 e. The first kappa shape index (κ1) is 18.4. The summed E-state index contributed by atoms with van der Waals surface area (Å²) in [7, 11) is 3.37. The highest BCUT2D eigenvalue weighted by molar-refractivity contribution is 6.08. The van der Waals surface area contributed by atoms with Crippen molar-refractivity contribution < 1.29 is 14.3 Å². The molecule has 2 aliphatic rings. The number of nitrogens with zero attached hydrogens (tertiary/aromatic N) is 4. The number of carbonyl (C=O) groups excluding carboxylic acids is 2. The van der Waals surface area contributed by atoms with Crippen LogP contribution in [-0.2, 0) is 17.3 Å². The van der Waals surface area contributed by atoms with Crippen LogP contribution in [0, 0.1) is 0 Å². The number of rotatable bonds is 3. The normalized spacial score (nSPS) is 22.3. The van der Waals surface area contributed by atoms with Crippen LogP contribution >= 0.6 is 0 Å². The second-order valence-corrected chi connectivity index (χ2v) is 7.65. The summed E-state index contributed by atoms with van der Waals surface area (Å²) < 4.78 is 6.94. The largest absolute Gasteiger partial charge is 0.497 e. The van der Waals surface area contributed by atoms with Gasteiger partial charge in [-0.2, -0.15) is 5.10 Å². The molecule has 1 N–H and O–H groups in total. The highest BCUT2D eigenvalue weighted by atomic mass is 16.5. The van der Waals surface area contributed by atoms with Gasteiger partial charge in [-0.25, -0.2) is 0 Å². The number of aryl methyl sites for hydroxylation is 1. The molecular weight excluding hydrogens is 382 g/mol. The van der Waals surface area contributed by atoms with E-state index in [1.807, 2.05) is 37.5 Å². The van der Waals surface area contributed by atoms with E-state index < -0.39 is 11.5 Å². The molecule has 3 aromatic rings. The van der Waals surface area contributed by atoms with E-state index in [0.717, 1.165) is 16.8 Å². The fourth-order valence-corrected chi connectivity index (χ4v) is 4.75. The molecule has 4 heterocycles. The summed E-state index contributed by atoms with van der Waals surface area (Å²) in [6.07, 6.45) is 5.66. The Morgan fingerprint density at radius 3 is 2.90 bits per heavy atom. The van der Waals surface area contributed by atoms with Crippen molar-refractivity contribution >= 4 is 17.5 Å². The van der Waals surface area contributed by atoms with Crippen LogP contribution in [0.25, 0.3) is 0 Å². The minimum absolute atomic E-state index is 0.0912. The number of pyridine rings is 1. The van der Waals surface area contributed by atoms with Crippen LogP contribution in [0.5, 0.6) is 5.75 Å². The predicted molar refractivity (Wildman–Crippen MR) is 109 cm³/mol. The Hall–Kier alpha value is -3.68. The van der Waals surface area contributed by atoms with Crippen LogP contribution in [0.4, 0.5) is 5.69 Å². The fourth-order valence-electron chi connectivity index (χ4n) is 4.75. The molecule has 1 aromatic carbocycles. The Balaban J connectivity index is 1.64. The van der Waals surface area contributed by atoms with Crippen LogP contribution in [0.1, 0.15) is 34.1 Å². The number of benzene rings is 1. The summed E-state index contributed by atoms with van der Waals surface area (Å²) in [6, 6.07) is 10.5. The molecule has 2 aliphatic heterocycles. The Morgan fingerprint density at radius 2 is 2.13 bits per heavy atom. The minimum Gasteiger partial charge on any atom is -0.497 e. The van der Waals surface area contributed by atoms with Crippen molar-refractivity contribution in [2.75, 3.05) is 19.0 Å². The Labute approximate surface area is 173 Å². The van der Waals surface area contributed by atoms with Gasteiger partial charge in [0, 0.05) is 43.3 Å². The molecule has 2 aromatic heterocycles. The number of para-hydroxylation sites is 1. The van der Waals surface area contributed by atoms with Gasteiger partial charge in [0.25, 0.3) is 5.91 Å². The van der Waals surface area contributed by atoms with Crippen molar-refractivity contribution in [2.24, 2.45) is 7.05 Å². The Morgan fingerprint density at radius 1 is 1.30 bits per heavy atom. The van der Waals surface area contributed by atoms with E-state index >= 15 is 0 Å². The van der Waals surface area contributed by atoms with Gasteiger partial charge in [-0.05, 0) is 24.1 Å². The monoisotopic (exact) mass is 403 g/mol. The molecule has 0 radical (unpaired) electrons. The number of nitrogens with one attached hydrogen (secondary N) is 1. The fraction of sp³-hybridized carbons (Fsp3) is 0.273. The molecule has 2 amide bonds. The number of amides is 2. The maximum absolute atomic E-state index is 13.5. The molecule has 0 unspecified atom stereocenters. The number of hydrogen-bond donors (Lipinski definition) is 1. The maximum atomic E-state index is 13.5. The summed E-state index contributed by atoms with van der Waals surface area (Å²) in [6.45, 7) is 0.430. The smallest absolute Gasteiger partial charge is 0.273 e. The summed E-state index contributed by atoms with van der Waals surface area (Å²) in [5, 5.41) is 7.32. The molecule has 8 heteroatoms. The molecule has 1 fully saturated rings. The average Bonchev–Trinajstić information content (AvgIpc) is 3.44. The predicted octanol–water partition coefficient (Wildman–Crippen LogP) is 2.30. The zero-order valence-electron chi connectivity index (χ0n) is 16.7. The average molecular weight is 403 g/mol. The number of methoxy groups -OCH3 is 1. The van der Waals surface area contributed by atoms with Gasteiger partial charge in [0.15, 0.2) is 0 Å². The van der Waals surface area contributed by atoms with Crippen molar-refractivity contribution in [2.45, 2.75) is 17.9 Å². The van der Waals surface area contributed by atoms with Gasteiger partial charge in [0.2, 0.25) is 5.91 Å². The van der Waals surface area contributed by atoms with E-state index in [4.69, 9.17) is 4.74 Å². The molecule has 0 aliphatic carbocycles. The molecule has 1 saturated heterocycles. The molecule has 0 saturated carbocycles. The highest BCUT2D eigenvalue weighted by Gasteiger charge is 2.59. The number of ether oxygens (including phenoxy) is 1. The highest BCUT2D eigenvalue weighted by Crippen LogP contribution is 2.54. The lowest BCUT2D eigenvalue weighted by molar-refractivity contribution is -0.121. The molecule has 2 atom stereocenters. The van der Waals surface area contributed by atoms with Gasteiger partial charge in [-0.3, -0.25) is 19.3 Å². The van der Waals surface area contributed by atoms with Gasteiger partial charge >= 0.3 is 0 Å². The van der Waals surface area contributed by atoms with E-state index in [1.54, 1.807) is 41.2 Å². The van der Waals surface area contributed by atoms with Crippen molar-refractivity contribution in [3.8, 4) is 5.75 Å².